The van der Waals surface area contributed by atoms with E-state index in [-0.39, 0.29) is 11.8 Å². The van der Waals surface area contributed by atoms with Crippen molar-refractivity contribution < 1.29 is 4.79 Å². The van der Waals surface area contributed by atoms with Crippen LogP contribution in [0.1, 0.15) is 26.2 Å². The van der Waals surface area contributed by atoms with Crippen LogP contribution in [0, 0.1) is 0 Å². The molecule has 2 rings (SSSR count). The number of hydrogen-bond acceptors (Lipinski definition) is 5. The predicted octanol–water partition coefficient (Wildman–Crippen LogP) is 0.375. The van der Waals surface area contributed by atoms with E-state index in [1.54, 1.807) is 6.92 Å². The molecule has 0 spiro atoms. The summed E-state index contributed by atoms with van der Waals surface area (Å²) in [6.07, 6.45) is 4.94. The average Bonchev–Trinajstić information content (AvgIpc) is 2.50. The lowest BCUT2D eigenvalue weighted by Gasteiger charge is -2.25. The molecule has 0 amide bonds. The van der Waals surface area contributed by atoms with Gasteiger partial charge in [0.2, 0.25) is 5.78 Å². The van der Waals surface area contributed by atoms with Crippen LogP contribution >= 0.6 is 0 Å². The van der Waals surface area contributed by atoms with Gasteiger partial charge in [0.1, 0.15) is 12.4 Å². The summed E-state index contributed by atoms with van der Waals surface area (Å²) in [5, 5.41) is 1.87. The number of hydrazine groups is 1. The Morgan fingerprint density at radius 3 is 3.20 bits per heavy atom. The second kappa shape index (κ2) is 4.53. The van der Waals surface area contributed by atoms with E-state index in [0.717, 1.165) is 25.9 Å². The molecule has 82 valence electrons. The van der Waals surface area contributed by atoms with Crippen molar-refractivity contribution in [1.29, 1.82) is 0 Å². The summed E-state index contributed by atoms with van der Waals surface area (Å²) < 4.78 is 0. The van der Waals surface area contributed by atoms with Crippen molar-refractivity contribution in [2.24, 2.45) is 9.98 Å². The topological polar surface area (TPSA) is 57.1 Å². The molecule has 0 radical (unpaired) electrons. The van der Waals surface area contributed by atoms with Crippen LogP contribution in [0.5, 0.6) is 0 Å². The van der Waals surface area contributed by atoms with Crippen LogP contribution in [0.2, 0.25) is 0 Å². The predicted molar refractivity (Wildman–Crippen MR) is 59.0 cm³/mol. The van der Waals surface area contributed by atoms with E-state index in [1.807, 2.05) is 5.01 Å². The van der Waals surface area contributed by atoms with Crippen LogP contribution in [0.4, 0.5) is 0 Å². The lowest BCUT2D eigenvalue weighted by Crippen LogP contribution is -2.49. The zero-order valence-electron chi connectivity index (χ0n) is 8.94. The maximum Gasteiger partial charge on any atom is 0.223 e. The van der Waals surface area contributed by atoms with E-state index >= 15 is 0 Å². The fourth-order valence-electron chi connectivity index (χ4n) is 1.75. The van der Waals surface area contributed by atoms with E-state index in [1.165, 1.54) is 12.8 Å². The summed E-state index contributed by atoms with van der Waals surface area (Å²) in [6.45, 7) is 3.56. The summed E-state index contributed by atoms with van der Waals surface area (Å²) in [5.41, 5.74) is 3.22. The van der Waals surface area contributed by atoms with Crippen LogP contribution in [0.3, 0.4) is 0 Å². The zero-order valence-corrected chi connectivity index (χ0v) is 8.94. The Kier molecular flexibility index (Phi) is 3.11. The molecule has 2 aliphatic heterocycles. The van der Waals surface area contributed by atoms with E-state index in [4.69, 9.17) is 0 Å². The SMILES string of the molecule is CC1N=CN=C(N2CCCCCN2)C1=O. The Morgan fingerprint density at radius 1 is 1.47 bits per heavy atom. The van der Waals surface area contributed by atoms with Crippen molar-refractivity contribution >= 4 is 18.0 Å². The third kappa shape index (κ3) is 2.23. The first-order chi connectivity index (χ1) is 7.29. The molecule has 0 aromatic rings. The van der Waals surface area contributed by atoms with Gasteiger partial charge in [-0.3, -0.25) is 14.8 Å². The molecule has 2 heterocycles. The number of nitrogens with one attached hydrogen (secondary N) is 1. The number of hydrogen-bond donors (Lipinski definition) is 1. The van der Waals surface area contributed by atoms with Gasteiger partial charge in [-0.2, -0.15) is 0 Å². The summed E-state index contributed by atoms with van der Waals surface area (Å²) in [6, 6.07) is -0.289. The molecule has 1 fully saturated rings. The molecule has 0 aliphatic carbocycles. The molecule has 1 N–H and O–H groups in total. The van der Waals surface area contributed by atoms with Gasteiger partial charge in [0.25, 0.3) is 0 Å². The molecule has 5 heteroatoms. The van der Waals surface area contributed by atoms with Gasteiger partial charge in [-0.15, -0.1) is 0 Å². The molecule has 1 unspecified atom stereocenters. The number of rotatable bonds is 0. The number of ketones is 1. The molecule has 15 heavy (non-hydrogen) atoms. The zero-order chi connectivity index (χ0) is 10.7. The molecule has 0 aromatic heterocycles. The summed E-state index contributed by atoms with van der Waals surface area (Å²) >= 11 is 0. The average molecular weight is 208 g/mol. The summed E-state index contributed by atoms with van der Waals surface area (Å²) in [5.74, 6) is 0.520. The summed E-state index contributed by atoms with van der Waals surface area (Å²) in [4.78, 5) is 19.8. The van der Waals surface area contributed by atoms with Gasteiger partial charge in [-0.25, -0.2) is 10.4 Å². The fraction of sp³-hybridized carbons (Fsp3) is 0.700. The molecule has 1 saturated heterocycles. The largest absolute Gasteiger partial charge is 0.289 e. The van der Waals surface area contributed by atoms with Crippen molar-refractivity contribution in [3.63, 3.8) is 0 Å². The van der Waals surface area contributed by atoms with Crippen LogP contribution in [0.15, 0.2) is 9.98 Å². The Hall–Kier alpha value is -1.23. The van der Waals surface area contributed by atoms with Gasteiger partial charge >= 0.3 is 0 Å². The van der Waals surface area contributed by atoms with Crippen LogP contribution in [-0.4, -0.2) is 42.1 Å². The third-order valence-electron chi connectivity index (χ3n) is 2.69. The van der Waals surface area contributed by atoms with Gasteiger partial charge in [0.05, 0.1) is 0 Å². The van der Waals surface area contributed by atoms with E-state index in [9.17, 15) is 4.79 Å². The molecule has 1 atom stereocenters. The molecule has 5 nitrogen and oxygen atoms in total. The highest BCUT2D eigenvalue weighted by atomic mass is 16.1. The molecular weight excluding hydrogens is 192 g/mol. The quantitative estimate of drug-likeness (QED) is 0.626. The van der Waals surface area contributed by atoms with Crippen LogP contribution in [0.25, 0.3) is 0 Å². The normalized spacial score (nSPS) is 27.5. The minimum absolute atomic E-state index is 0.00639. The van der Waals surface area contributed by atoms with Crippen molar-refractivity contribution in [1.82, 2.24) is 10.4 Å². The van der Waals surface area contributed by atoms with E-state index in [2.05, 4.69) is 15.4 Å². The van der Waals surface area contributed by atoms with Gasteiger partial charge in [0.15, 0.2) is 5.84 Å². The van der Waals surface area contributed by atoms with Gasteiger partial charge in [-0.1, -0.05) is 6.42 Å². The Morgan fingerprint density at radius 2 is 2.33 bits per heavy atom. The van der Waals surface area contributed by atoms with Gasteiger partial charge < -0.3 is 0 Å². The first kappa shape index (κ1) is 10.3. The second-order valence-electron chi connectivity index (χ2n) is 3.88. The summed E-state index contributed by atoms with van der Waals surface area (Å²) in [7, 11) is 0. The van der Waals surface area contributed by atoms with Crippen molar-refractivity contribution in [2.45, 2.75) is 32.2 Å². The van der Waals surface area contributed by atoms with E-state index < -0.39 is 0 Å². The van der Waals surface area contributed by atoms with Crippen LogP contribution in [-0.2, 0) is 4.79 Å². The lowest BCUT2D eigenvalue weighted by atomic mass is 10.2. The Balaban J connectivity index is 2.11. The number of nitrogens with zero attached hydrogens (tertiary/aromatic N) is 3. The first-order valence-corrected chi connectivity index (χ1v) is 5.44. The van der Waals surface area contributed by atoms with Gasteiger partial charge in [-0.05, 0) is 19.8 Å². The van der Waals surface area contributed by atoms with Crippen molar-refractivity contribution in [3.8, 4) is 0 Å². The lowest BCUT2D eigenvalue weighted by molar-refractivity contribution is -0.114. The second-order valence-corrected chi connectivity index (χ2v) is 3.88. The fourth-order valence-corrected chi connectivity index (χ4v) is 1.75. The minimum atomic E-state index is -0.289. The third-order valence-corrected chi connectivity index (χ3v) is 2.69. The van der Waals surface area contributed by atoms with E-state index in [0.29, 0.717) is 5.84 Å². The maximum atomic E-state index is 11.8. The highest BCUT2D eigenvalue weighted by molar-refractivity contribution is 6.42. The molecule has 2 aliphatic rings. The highest BCUT2D eigenvalue weighted by Crippen LogP contribution is 2.07. The highest BCUT2D eigenvalue weighted by Gasteiger charge is 2.26. The number of carbonyl (C=O) groups is 1. The first-order valence-electron chi connectivity index (χ1n) is 5.44. The number of amidine groups is 1. The minimum Gasteiger partial charge on any atom is -0.289 e. The standard InChI is InChI=1S/C10H16N4O/c1-8-9(15)10(12-7-11-8)14-6-4-2-3-5-13-14/h7-8,13H,2-6H2,1H3. The molecule has 0 bridgehead atoms. The Bertz CT molecular complexity index is 303. The smallest absolute Gasteiger partial charge is 0.223 e. The monoisotopic (exact) mass is 208 g/mol. The number of aliphatic imine (C=N–C) groups is 2. The maximum absolute atomic E-state index is 11.8. The van der Waals surface area contributed by atoms with Crippen molar-refractivity contribution in [3.05, 3.63) is 0 Å². The van der Waals surface area contributed by atoms with Crippen molar-refractivity contribution in [2.75, 3.05) is 13.1 Å². The molecular formula is C10H16N4O. The number of carbonyl (C=O) groups excluding carboxylic acids is 1. The number of Topliss-reactive ketones (excluding diaryl/α,β-unsaturated/α-hetero) is 1. The van der Waals surface area contributed by atoms with Crippen LogP contribution < -0.4 is 5.43 Å². The molecule has 0 saturated carbocycles. The molecule has 0 aromatic carbocycles. The Labute approximate surface area is 89.2 Å². The van der Waals surface area contributed by atoms with Gasteiger partial charge in [0, 0.05) is 13.1 Å².